The standard InChI is InChI=1S/C11H12N2/c1-13(2)10-7-9-5-3-4-6-11(9)12-8-10/h3-8H,1-2H3. The lowest BCUT2D eigenvalue weighted by Crippen LogP contribution is -2.08. The fourth-order valence-corrected chi connectivity index (χ4v) is 1.30. The number of anilines is 1. The second kappa shape index (κ2) is 3.05. The molecule has 0 N–H and O–H groups in total. The van der Waals surface area contributed by atoms with E-state index in [9.17, 15) is 0 Å². The lowest BCUT2D eigenvalue weighted by molar-refractivity contribution is 1.12. The van der Waals surface area contributed by atoms with Gasteiger partial charge in [-0.3, -0.25) is 4.98 Å². The number of rotatable bonds is 1. The van der Waals surface area contributed by atoms with Crippen molar-refractivity contribution in [2.75, 3.05) is 19.0 Å². The third-order valence-electron chi connectivity index (χ3n) is 2.09. The predicted molar refractivity (Wildman–Crippen MR) is 56.1 cm³/mol. The molecular weight excluding hydrogens is 160 g/mol. The van der Waals surface area contributed by atoms with Crippen molar-refractivity contribution in [3.63, 3.8) is 0 Å². The lowest BCUT2D eigenvalue weighted by atomic mass is 10.2. The van der Waals surface area contributed by atoms with Crippen LogP contribution in [0.4, 0.5) is 5.69 Å². The van der Waals surface area contributed by atoms with Crippen LogP contribution in [-0.4, -0.2) is 19.1 Å². The van der Waals surface area contributed by atoms with Gasteiger partial charge in [0.15, 0.2) is 0 Å². The van der Waals surface area contributed by atoms with Crippen LogP contribution in [0.2, 0.25) is 0 Å². The van der Waals surface area contributed by atoms with Crippen molar-refractivity contribution in [1.82, 2.24) is 4.98 Å². The molecule has 0 radical (unpaired) electrons. The molecule has 66 valence electrons. The number of benzene rings is 1. The summed E-state index contributed by atoms with van der Waals surface area (Å²) in [5.41, 5.74) is 2.19. The Kier molecular flexibility index (Phi) is 1.89. The summed E-state index contributed by atoms with van der Waals surface area (Å²) >= 11 is 0. The first kappa shape index (κ1) is 8.05. The van der Waals surface area contributed by atoms with Crippen molar-refractivity contribution in [2.24, 2.45) is 0 Å². The molecule has 2 aromatic rings. The number of para-hydroxylation sites is 1. The third-order valence-corrected chi connectivity index (χ3v) is 2.09. The number of aromatic nitrogens is 1. The van der Waals surface area contributed by atoms with E-state index in [1.165, 1.54) is 5.39 Å². The summed E-state index contributed by atoms with van der Waals surface area (Å²) in [7, 11) is 4.04. The summed E-state index contributed by atoms with van der Waals surface area (Å²) in [6.45, 7) is 0. The molecule has 0 aliphatic heterocycles. The zero-order valence-corrected chi connectivity index (χ0v) is 7.86. The largest absolute Gasteiger partial charge is 0.376 e. The molecule has 0 aliphatic carbocycles. The summed E-state index contributed by atoms with van der Waals surface area (Å²) in [6, 6.07) is 10.3. The Morgan fingerprint density at radius 2 is 1.92 bits per heavy atom. The van der Waals surface area contributed by atoms with E-state index in [-0.39, 0.29) is 0 Å². The Bertz CT molecular complexity index is 421. The molecule has 0 amide bonds. The minimum Gasteiger partial charge on any atom is -0.376 e. The number of pyridine rings is 1. The first-order valence-corrected chi connectivity index (χ1v) is 4.29. The van der Waals surface area contributed by atoms with Crippen LogP contribution in [0.1, 0.15) is 0 Å². The predicted octanol–water partition coefficient (Wildman–Crippen LogP) is 2.30. The Morgan fingerprint density at radius 1 is 1.15 bits per heavy atom. The number of hydrogen-bond acceptors (Lipinski definition) is 2. The highest BCUT2D eigenvalue weighted by Gasteiger charge is 1.97. The molecule has 0 fully saturated rings. The van der Waals surface area contributed by atoms with Gasteiger partial charge in [-0.25, -0.2) is 0 Å². The van der Waals surface area contributed by atoms with E-state index in [0.717, 1.165) is 11.2 Å². The molecule has 0 saturated heterocycles. The zero-order chi connectivity index (χ0) is 9.26. The number of fused-ring (bicyclic) bond motifs is 1. The average Bonchev–Trinajstić information content (AvgIpc) is 2.17. The van der Waals surface area contributed by atoms with E-state index in [0.29, 0.717) is 0 Å². The van der Waals surface area contributed by atoms with Gasteiger partial charge in [-0.15, -0.1) is 0 Å². The van der Waals surface area contributed by atoms with E-state index >= 15 is 0 Å². The molecule has 2 heteroatoms. The van der Waals surface area contributed by atoms with Crippen molar-refractivity contribution in [1.29, 1.82) is 0 Å². The van der Waals surface area contributed by atoms with Crippen LogP contribution in [0.3, 0.4) is 0 Å². The summed E-state index contributed by atoms with van der Waals surface area (Å²) in [5.74, 6) is 0. The van der Waals surface area contributed by atoms with Gasteiger partial charge in [-0.05, 0) is 12.1 Å². The molecule has 0 aliphatic rings. The Morgan fingerprint density at radius 3 is 2.69 bits per heavy atom. The van der Waals surface area contributed by atoms with E-state index in [1.807, 2.05) is 38.5 Å². The third kappa shape index (κ3) is 1.47. The van der Waals surface area contributed by atoms with E-state index in [2.05, 4.69) is 22.0 Å². The second-order valence-corrected chi connectivity index (χ2v) is 3.28. The van der Waals surface area contributed by atoms with Gasteiger partial charge >= 0.3 is 0 Å². The van der Waals surface area contributed by atoms with Crippen LogP contribution in [0, 0.1) is 0 Å². The highest BCUT2D eigenvalue weighted by molar-refractivity contribution is 5.81. The topological polar surface area (TPSA) is 16.1 Å². The minimum absolute atomic E-state index is 1.05. The molecule has 0 bridgehead atoms. The van der Waals surface area contributed by atoms with Crippen LogP contribution >= 0.6 is 0 Å². The zero-order valence-electron chi connectivity index (χ0n) is 7.86. The van der Waals surface area contributed by atoms with Crippen molar-refractivity contribution < 1.29 is 0 Å². The van der Waals surface area contributed by atoms with Crippen LogP contribution in [-0.2, 0) is 0 Å². The summed E-state index contributed by atoms with van der Waals surface area (Å²) in [5, 5.41) is 1.19. The van der Waals surface area contributed by atoms with Crippen molar-refractivity contribution in [3.8, 4) is 0 Å². The first-order chi connectivity index (χ1) is 6.27. The molecule has 1 aromatic carbocycles. The summed E-state index contributed by atoms with van der Waals surface area (Å²) in [6.07, 6.45) is 1.89. The van der Waals surface area contributed by atoms with Gasteiger partial charge in [-0.2, -0.15) is 0 Å². The maximum absolute atomic E-state index is 4.36. The highest BCUT2D eigenvalue weighted by atomic mass is 15.1. The summed E-state index contributed by atoms with van der Waals surface area (Å²) in [4.78, 5) is 6.42. The first-order valence-electron chi connectivity index (χ1n) is 4.29. The Balaban J connectivity index is 2.62. The minimum atomic E-state index is 1.05. The highest BCUT2D eigenvalue weighted by Crippen LogP contribution is 2.17. The van der Waals surface area contributed by atoms with Gasteiger partial charge in [0.05, 0.1) is 17.4 Å². The van der Waals surface area contributed by atoms with Gasteiger partial charge in [0, 0.05) is 19.5 Å². The average molecular weight is 172 g/mol. The molecular formula is C11H12N2. The number of hydrogen-bond donors (Lipinski definition) is 0. The molecule has 13 heavy (non-hydrogen) atoms. The molecule has 0 unspecified atom stereocenters. The maximum Gasteiger partial charge on any atom is 0.0703 e. The van der Waals surface area contributed by atoms with Gasteiger partial charge in [0.1, 0.15) is 0 Å². The van der Waals surface area contributed by atoms with Gasteiger partial charge in [-0.1, -0.05) is 18.2 Å². The van der Waals surface area contributed by atoms with E-state index < -0.39 is 0 Å². The van der Waals surface area contributed by atoms with E-state index in [4.69, 9.17) is 0 Å². The molecule has 1 heterocycles. The fraction of sp³-hybridized carbons (Fsp3) is 0.182. The van der Waals surface area contributed by atoms with Crippen molar-refractivity contribution in [2.45, 2.75) is 0 Å². The fourth-order valence-electron chi connectivity index (χ4n) is 1.30. The van der Waals surface area contributed by atoms with Crippen LogP contribution in [0.5, 0.6) is 0 Å². The molecule has 0 saturated carbocycles. The SMILES string of the molecule is CN(C)c1cnc2ccccc2c1. The van der Waals surface area contributed by atoms with Crippen LogP contribution in [0.15, 0.2) is 36.5 Å². The van der Waals surface area contributed by atoms with Crippen molar-refractivity contribution in [3.05, 3.63) is 36.5 Å². The van der Waals surface area contributed by atoms with Gasteiger partial charge in [0.25, 0.3) is 0 Å². The van der Waals surface area contributed by atoms with Crippen molar-refractivity contribution >= 4 is 16.6 Å². The normalized spacial score (nSPS) is 10.3. The van der Waals surface area contributed by atoms with E-state index in [1.54, 1.807) is 0 Å². The number of nitrogens with zero attached hydrogens (tertiary/aromatic N) is 2. The maximum atomic E-state index is 4.36. The molecule has 0 spiro atoms. The quantitative estimate of drug-likeness (QED) is 0.656. The Hall–Kier alpha value is -1.57. The van der Waals surface area contributed by atoms with Gasteiger partial charge < -0.3 is 4.90 Å². The molecule has 2 nitrogen and oxygen atoms in total. The second-order valence-electron chi connectivity index (χ2n) is 3.28. The molecule has 2 rings (SSSR count). The molecule has 1 aromatic heterocycles. The van der Waals surface area contributed by atoms with Crippen LogP contribution in [0.25, 0.3) is 10.9 Å². The lowest BCUT2D eigenvalue weighted by Gasteiger charge is -2.11. The monoisotopic (exact) mass is 172 g/mol. The van der Waals surface area contributed by atoms with Crippen LogP contribution < -0.4 is 4.90 Å². The summed E-state index contributed by atoms with van der Waals surface area (Å²) < 4.78 is 0. The molecule has 0 atom stereocenters. The van der Waals surface area contributed by atoms with Gasteiger partial charge in [0.2, 0.25) is 0 Å². The Labute approximate surface area is 77.8 Å². The smallest absolute Gasteiger partial charge is 0.0703 e.